The molecule has 21 heavy (non-hydrogen) atoms. The van der Waals surface area contributed by atoms with E-state index in [4.69, 9.17) is 0 Å². The van der Waals surface area contributed by atoms with Gasteiger partial charge >= 0.3 is 0 Å². The molecule has 1 atom stereocenters. The van der Waals surface area contributed by atoms with Crippen molar-refractivity contribution in [2.45, 2.75) is 20.3 Å². The zero-order valence-corrected chi connectivity index (χ0v) is 12.5. The zero-order chi connectivity index (χ0) is 15.8. The van der Waals surface area contributed by atoms with E-state index in [1.807, 2.05) is 13.0 Å². The molecule has 7 heteroatoms. The minimum absolute atomic E-state index is 0.0721. The summed E-state index contributed by atoms with van der Waals surface area (Å²) in [6, 6.07) is 5.10. The molecule has 0 radical (unpaired) electrons. The van der Waals surface area contributed by atoms with Crippen molar-refractivity contribution in [2.24, 2.45) is 5.92 Å². The number of hydrogen-bond acceptors (Lipinski definition) is 4. The quantitative estimate of drug-likeness (QED) is 0.484. The van der Waals surface area contributed by atoms with Crippen LogP contribution in [0.5, 0.6) is 0 Å². The van der Waals surface area contributed by atoms with E-state index in [1.165, 1.54) is 6.92 Å². The number of benzene rings is 1. The number of nitro benzene ring substituents is 1. The smallest absolute Gasteiger partial charge is 0.292 e. The van der Waals surface area contributed by atoms with Crippen molar-refractivity contribution in [1.82, 2.24) is 5.32 Å². The Morgan fingerprint density at radius 3 is 2.71 bits per heavy atom. The summed E-state index contributed by atoms with van der Waals surface area (Å²) in [5.41, 5.74) is 5.24. The van der Waals surface area contributed by atoms with Gasteiger partial charge in [0, 0.05) is 32.5 Å². The molecule has 1 unspecified atom stereocenters. The Hall–Kier alpha value is -2.15. The summed E-state index contributed by atoms with van der Waals surface area (Å²) in [4.78, 5) is 21.6. The van der Waals surface area contributed by atoms with Gasteiger partial charge in [0.25, 0.3) is 5.69 Å². The van der Waals surface area contributed by atoms with Gasteiger partial charge in [0.1, 0.15) is 5.69 Å². The van der Waals surface area contributed by atoms with Crippen LogP contribution in [-0.4, -0.2) is 30.5 Å². The van der Waals surface area contributed by atoms with Gasteiger partial charge in [-0.2, -0.15) is 0 Å². The highest BCUT2D eigenvalue weighted by Gasteiger charge is 2.16. The van der Waals surface area contributed by atoms with Crippen molar-refractivity contribution in [2.75, 3.05) is 25.0 Å². The van der Waals surface area contributed by atoms with Crippen LogP contribution < -0.4 is 16.4 Å². The predicted octanol–water partition coefficient (Wildman–Crippen LogP) is 0.699. The molecule has 0 saturated carbocycles. The Morgan fingerprint density at radius 1 is 1.43 bits per heavy atom. The number of nitrogens with zero attached hydrogens (tertiary/aromatic N) is 1. The van der Waals surface area contributed by atoms with E-state index in [9.17, 15) is 14.9 Å². The molecule has 0 aliphatic rings. The number of rotatable bonds is 8. The lowest BCUT2D eigenvalue weighted by Gasteiger charge is -2.17. The molecule has 0 heterocycles. The summed E-state index contributed by atoms with van der Waals surface area (Å²) >= 11 is 0. The highest BCUT2D eigenvalue weighted by Crippen LogP contribution is 2.25. The number of quaternary nitrogens is 1. The first-order valence-corrected chi connectivity index (χ1v) is 6.96. The van der Waals surface area contributed by atoms with E-state index in [0.717, 1.165) is 18.5 Å². The molecule has 1 amide bonds. The SMILES string of the molecule is CC(=O)NCC(CC[NH3+])CNc1ccc(C)cc1[N+](=O)[O-]. The van der Waals surface area contributed by atoms with Crippen LogP contribution in [0.15, 0.2) is 18.2 Å². The van der Waals surface area contributed by atoms with E-state index >= 15 is 0 Å². The maximum atomic E-state index is 11.1. The highest BCUT2D eigenvalue weighted by molar-refractivity contribution is 5.72. The van der Waals surface area contributed by atoms with E-state index in [1.54, 1.807) is 12.1 Å². The maximum absolute atomic E-state index is 11.1. The standard InChI is InChI=1S/C14H22N4O3/c1-10-3-4-13(14(7-10)18(20)21)17-9-12(5-6-15)8-16-11(2)19/h3-4,7,12,17H,5-6,8-9,15H2,1-2H3,(H,16,19)/p+1. The Labute approximate surface area is 124 Å². The van der Waals surface area contributed by atoms with Gasteiger partial charge in [0.15, 0.2) is 0 Å². The molecule has 1 aromatic carbocycles. The minimum atomic E-state index is -0.389. The Morgan fingerprint density at radius 2 is 2.14 bits per heavy atom. The number of amides is 1. The van der Waals surface area contributed by atoms with Crippen molar-refractivity contribution < 1.29 is 15.5 Å². The molecule has 5 N–H and O–H groups in total. The van der Waals surface area contributed by atoms with E-state index in [2.05, 4.69) is 16.4 Å². The number of aryl methyl sites for hydroxylation is 1. The summed E-state index contributed by atoms with van der Waals surface area (Å²) < 4.78 is 0. The van der Waals surface area contributed by atoms with Crippen molar-refractivity contribution in [3.05, 3.63) is 33.9 Å². The van der Waals surface area contributed by atoms with Gasteiger partial charge in [-0.3, -0.25) is 14.9 Å². The van der Waals surface area contributed by atoms with Crippen molar-refractivity contribution in [1.29, 1.82) is 0 Å². The van der Waals surface area contributed by atoms with Crippen LogP contribution in [0.2, 0.25) is 0 Å². The molecule has 0 bridgehead atoms. The third kappa shape index (κ3) is 5.78. The number of nitro groups is 1. The molecule has 0 fully saturated rings. The van der Waals surface area contributed by atoms with Crippen molar-refractivity contribution in [3.63, 3.8) is 0 Å². The van der Waals surface area contributed by atoms with Gasteiger partial charge in [-0.25, -0.2) is 0 Å². The first kappa shape index (κ1) is 16.9. The van der Waals surface area contributed by atoms with E-state index in [-0.39, 0.29) is 22.4 Å². The second-order valence-electron chi connectivity index (χ2n) is 5.10. The van der Waals surface area contributed by atoms with Crippen LogP contribution in [0.25, 0.3) is 0 Å². The topological polar surface area (TPSA) is 112 Å². The monoisotopic (exact) mass is 295 g/mol. The lowest BCUT2D eigenvalue weighted by molar-refractivity contribution is -0.384. The fourth-order valence-corrected chi connectivity index (χ4v) is 2.05. The van der Waals surface area contributed by atoms with Crippen LogP contribution in [0.1, 0.15) is 18.9 Å². The largest absolute Gasteiger partial charge is 0.379 e. The molecule has 7 nitrogen and oxygen atoms in total. The zero-order valence-electron chi connectivity index (χ0n) is 12.5. The second-order valence-corrected chi connectivity index (χ2v) is 5.10. The fraction of sp³-hybridized carbons (Fsp3) is 0.500. The number of carbonyl (C=O) groups excluding carboxylic acids is 1. The first-order chi connectivity index (χ1) is 9.93. The summed E-state index contributed by atoms with van der Waals surface area (Å²) in [6.07, 6.45) is 0.840. The van der Waals surface area contributed by atoms with Gasteiger partial charge in [-0.15, -0.1) is 0 Å². The summed E-state index contributed by atoms with van der Waals surface area (Å²) in [7, 11) is 0. The average Bonchev–Trinajstić information content (AvgIpc) is 2.42. The van der Waals surface area contributed by atoms with Crippen LogP contribution >= 0.6 is 0 Å². The average molecular weight is 295 g/mol. The minimum Gasteiger partial charge on any atom is -0.379 e. The van der Waals surface area contributed by atoms with Crippen LogP contribution in [-0.2, 0) is 4.79 Å². The van der Waals surface area contributed by atoms with Gasteiger partial charge in [-0.1, -0.05) is 6.07 Å². The summed E-state index contributed by atoms with van der Waals surface area (Å²) in [5, 5.41) is 16.9. The lowest BCUT2D eigenvalue weighted by atomic mass is 10.1. The Kier molecular flexibility index (Phi) is 6.61. The highest BCUT2D eigenvalue weighted by atomic mass is 16.6. The third-order valence-corrected chi connectivity index (χ3v) is 3.18. The number of carbonyl (C=O) groups is 1. The van der Waals surface area contributed by atoms with Crippen molar-refractivity contribution in [3.8, 4) is 0 Å². The van der Waals surface area contributed by atoms with Gasteiger partial charge in [-0.05, 0) is 24.5 Å². The fourth-order valence-electron chi connectivity index (χ4n) is 2.05. The molecule has 0 aliphatic carbocycles. The predicted molar refractivity (Wildman–Crippen MR) is 80.9 cm³/mol. The molecular weight excluding hydrogens is 272 g/mol. The lowest BCUT2D eigenvalue weighted by Crippen LogP contribution is -2.51. The van der Waals surface area contributed by atoms with Gasteiger partial charge < -0.3 is 16.4 Å². The van der Waals surface area contributed by atoms with Crippen LogP contribution in [0, 0.1) is 23.0 Å². The van der Waals surface area contributed by atoms with Crippen LogP contribution in [0.4, 0.5) is 11.4 Å². The molecule has 1 aromatic rings. The van der Waals surface area contributed by atoms with Gasteiger partial charge in [0.2, 0.25) is 5.91 Å². The summed E-state index contributed by atoms with van der Waals surface area (Å²) in [5.74, 6) is 0.109. The molecule has 0 saturated heterocycles. The number of hydrogen-bond donors (Lipinski definition) is 3. The normalized spacial score (nSPS) is 11.8. The molecule has 0 aliphatic heterocycles. The third-order valence-electron chi connectivity index (χ3n) is 3.18. The first-order valence-electron chi connectivity index (χ1n) is 6.96. The van der Waals surface area contributed by atoms with E-state index < -0.39 is 0 Å². The maximum Gasteiger partial charge on any atom is 0.292 e. The van der Waals surface area contributed by atoms with Crippen molar-refractivity contribution >= 4 is 17.3 Å². The Balaban J connectivity index is 2.70. The second kappa shape index (κ2) is 8.21. The number of anilines is 1. The number of nitrogens with one attached hydrogen (secondary N) is 2. The molecular formula is C14H23N4O3+. The molecule has 0 aromatic heterocycles. The van der Waals surface area contributed by atoms with Crippen LogP contribution in [0.3, 0.4) is 0 Å². The van der Waals surface area contributed by atoms with E-state index in [0.29, 0.717) is 18.8 Å². The molecule has 1 rings (SSSR count). The summed E-state index contributed by atoms with van der Waals surface area (Å²) in [6.45, 7) is 5.14. The molecule has 116 valence electrons. The molecule has 0 spiro atoms. The Bertz CT molecular complexity index is 505. The van der Waals surface area contributed by atoms with Gasteiger partial charge in [0.05, 0.1) is 11.5 Å².